The molecule has 0 N–H and O–H groups in total. The van der Waals surface area contributed by atoms with E-state index in [0.717, 1.165) is 71.8 Å². The van der Waals surface area contributed by atoms with Gasteiger partial charge >= 0.3 is 0 Å². The number of hydrogen-bond donors (Lipinski definition) is 0. The predicted molar refractivity (Wildman–Crippen MR) is 166 cm³/mol. The Hall–Kier alpha value is -2.38. The summed E-state index contributed by atoms with van der Waals surface area (Å²) >= 11 is 14.4. The van der Waals surface area contributed by atoms with Gasteiger partial charge in [0.15, 0.2) is 10.9 Å². The van der Waals surface area contributed by atoms with Crippen LogP contribution < -0.4 is 10.9 Å². The third kappa shape index (κ3) is 2.51. The molecule has 0 atom stereocenters. The molecule has 0 radical (unpaired) electrons. The van der Waals surface area contributed by atoms with Crippen LogP contribution in [0.1, 0.15) is 0 Å². The molecule has 2 nitrogen and oxygen atoms in total. The second-order valence-electron chi connectivity index (χ2n) is 9.28. The molecule has 0 aliphatic rings. The lowest BCUT2D eigenvalue weighted by atomic mass is 9.84. The smallest absolute Gasteiger partial charge is 0.195 e. The largest absolute Gasteiger partial charge is 0.289 e. The average molecular weight is 722 g/mol. The zero-order valence-electron chi connectivity index (χ0n) is 18.1. The maximum absolute atomic E-state index is 13.8. The first-order valence-corrected chi connectivity index (χ1v) is 14.4. The normalized spacial score (nSPS) is 12.7. The van der Waals surface area contributed by atoms with Gasteiger partial charge in [0.2, 0.25) is 0 Å². The van der Waals surface area contributed by atoms with Crippen molar-refractivity contribution in [2.45, 2.75) is 0 Å². The molecule has 6 heteroatoms. The molecule has 0 amide bonds. The minimum Gasteiger partial charge on any atom is -0.289 e. The lowest BCUT2D eigenvalue weighted by molar-refractivity contribution is 1.60. The van der Waals surface area contributed by atoms with Crippen LogP contribution in [0.15, 0.2) is 88.1 Å². The summed E-state index contributed by atoms with van der Waals surface area (Å²) in [5.41, 5.74) is 0.0257. The van der Waals surface area contributed by atoms with Crippen molar-refractivity contribution in [3.05, 3.63) is 99.0 Å². The summed E-state index contributed by atoms with van der Waals surface area (Å²) < 4.78 is 3.32. The molecule has 0 unspecified atom stereocenters. The lowest BCUT2D eigenvalue weighted by Gasteiger charge is -2.19. The first-order valence-electron chi connectivity index (χ1n) is 11.2. The van der Waals surface area contributed by atoms with Gasteiger partial charge in [-0.3, -0.25) is 9.59 Å². The second kappa shape index (κ2) is 7.13. The van der Waals surface area contributed by atoms with Gasteiger partial charge in [-0.25, -0.2) is 0 Å². The maximum Gasteiger partial charge on any atom is 0.195 e. The molecule has 0 aliphatic carbocycles. The van der Waals surface area contributed by atoms with Crippen LogP contribution in [-0.4, -0.2) is 0 Å². The SMILES string of the molecule is O=c1c2cc(Br)ccc2c2cc3ccc4c(=O)c5c(Br)c(Br)c(Br)cc5c5cc6ccc1c2c6c3c45. The van der Waals surface area contributed by atoms with Crippen LogP contribution >= 0.6 is 63.7 Å². The molecule has 36 heavy (non-hydrogen) atoms. The summed E-state index contributed by atoms with van der Waals surface area (Å²) in [4.78, 5) is 27.4. The van der Waals surface area contributed by atoms with Crippen LogP contribution in [-0.2, 0) is 0 Å². The minimum absolute atomic E-state index is 0.00526. The van der Waals surface area contributed by atoms with Crippen LogP contribution in [0.25, 0.3) is 75.4 Å². The summed E-state index contributed by atoms with van der Waals surface area (Å²) in [6.45, 7) is 0. The zero-order valence-corrected chi connectivity index (χ0v) is 24.4. The van der Waals surface area contributed by atoms with Gasteiger partial charge in [0, 0.05) is 50.2 Å². The molecule has 0 bridgehead atoms. The number of halogens is 4. The summed E-state index contributed by atoms with van der Waals surface area (Å²) in [5, 5.41) is 12.8. The molecule has 0 saturated heterocycles. The highest BCUT2D eigenvalue weighted by atomic mass is 79.9. The van der Waals surface area contributed by atoms with Crippen LogP contribution in [0.5, 0.6) is 0 Å². The third-order valence-corrected chi connectivity index (χ3v) is 11.3. The topological polar surface area (TPSA) is 34.1 Å². The lowest BCUT2D eigenvalue weighted by Crippen LogP contribution is -2.07. The molecular weight excluding hydrogens is 712 g/mol. The van der Waals surface area contributed by atoms with Crippen LogP contribution in [0.2, 0.25) is 0 Å². The number of benzene rings is 8. The quantitative estimate of drug-likeness (QED) is 0.0888. The Bertz CT molecular complexity index is 2400. The van der Waals surface area contributed by atoms with Crippen molar-refractivity contribution in [2.24, 2.45) is 0 Å². The number of hydrogen-bond acceptors (Lipinski definition) is 2. The molecule has 0 heterocycles. The molecule has 8 aromatic rings. The van der Waals surface area contributed by atoms with E-state index in [2.05, 4.69) is 75.9 Å². The Labute approximate surface area is 236 Å². The Kier molecular flexibility index (Phi) is 4.30. The molecular formula is C30H10Br4O2. The highest BCUT2D eigenvalue weighted by molar-refractivity contribution is 9.14. The average Bonchev–Trinajstić information content (AvgIpc) is 2.87. The Balaban J connectivity index is 1.75. The van der Waals surface area contributed by atoms with Crippen LogP contribution in [0.4, 0.5) is 0 Å². The van der Waals surface area contributed by atoms with Gasteiger partial charge in [0.1, 0.15) is 0 Å². The summed E-state index contributed by atoms with van der Waals surface area (Å²) in [6, 6.07) is 20.3. The molecule has 0 saturated carbocycles. The van der Waals surface area contributed by atoms with Crippen molar-refractivity contribution >= 4 is 139 Å². The fourth-order valence-corrected chi connectivity index (χ4v) is 8.06. The van der Waals surface area contributed by atoms with E-state index in [1.165, 1.54) is 0 Å². The van der Waals surface area contributed by atoms with Gasteiger partial charge in [0.25, 0.3) is 0 Å². The first kappa shape index (κ1) is 21.7. The van der Waals surface area contributed by atoms with Gasteiger partial charge < -0.3 is 0 Å². The van der Waals surface area contributed by atoms with Crippen molar-refractivity contribution in [3.8, 4) is 0 Å². The Morgan fingerprint density at radius 3 is 1.64 bits per heavy atom. The van der Waals surface area contributed by atoms with E-state index in [9.17, 15) is 9.59 Å². The van der Waals surface area contributed by atoms with Crippen LogP contribution in [0.3, 0.4) is 0 Å². The maximum atomic E-state index is 13.8. The Morgan fingerprint density at radius 2 is 0.972 bits per heavy atom. The van der Waals surface area contributed by atoms with E-state index in [1.54, 1.807) is 0 Å². The van der Waals surface area contributed by atoms with Crippen molar-refractivity contribution in [1.82, 2.24) is 0 Å². The molecule has 0 aromatic heterocycles. The van der Waals surface area contributed by atoms with E-state index >= 15 is 0 Å². The fourth-order valence-electron chi connectivity index (χ4n) is 6.08. The van der Waals surface area contributed by atoms with Gasteiger partial charge in [-0.15, -0.1) is 0 Å². The van der Waals surface area contributed by atoms with Gasteiger partial charge in [-0.2, -0.15) is 0 Å². The molecule has 8 rings (SSSR count). The van der Waals surface area contributed by atoms with Crippen LogP contribution in [0, 0.1) is 0 Å². The molecule has 0 spiro atoms. The molecule has 0 aliphatic heterocycles. The zero-order chi connectivity index (χ0) is 24.6. The second-order valence-corrected chi connectivity index (χ2v) is 12.6. The Morgan fingerprint density at radius 1 is 0.417 bits per heavy atom. The predicted octanol–water partition coefficient (Wildman–Crippen LogP) is 9.84. The number of rotatable bonds is 0. The first-order chi connectivity index (χ1) is 17.3. The number of fused-ring (bicyclic) bond motifs is 4. The van der Waals surface area contributed by atoms with Gasteiger partial charge in [-0.05, 0) is 133 Å². The van der Waals surface area contributed by atoms with E-state index in [0.29, 0.717) is 21.5 Å². The van der Waals surface area contributed by atoms with E-state index in [1.807, 2.05) is 48.5 Å². The van der Waals surface area contributed by atoms with E-state index in [4.69, 9.17) is 0 Å². The summed E-state index contributed by atoms with van der Waals surface area (Å²) in [6.07, 6.45) is 0. The van der Waals surface area contributed by atoms with E-state index < -0.39 is 0 Å². The molecule has 170 valence electrons. The standard InChI is InChI=1S/C30H10Br4O2/c31-13-3-6-14-17-7-11-2-5-16-25-18(19-10-21(32)27(33)28(34)26(19)30(16)36)8-12-1-4-15(29(35)20(14)9-13)24(17)22(12)23(11)25/h1-10H. The van der Waals surface area contributed by atoms with Crippen molar-refractivity contribution in [3.63, 3.8) is 0 Å². The highest BCUT2D eigenvalue weighted by Crippen LogP contribution is 2.47. The summed E-state index contributed by atoms with van der Waals surface area (Å²) in [5.74, 6) is 0. The van der Waals surface area contributed by atoms with Crippen molar-refractivity contribution < 1.29 is 0 Å². The monoisotopic (exact) mass is 718 g/mol. The molecule has 8 aromatic carbocycles. The highest BCUT2D eigenvalue weighted by Gasteiger charge is 2.23. The molecule has 0 fully saturated rings. The third-order valence-electron chi connectivity index (χ3n) is 7.55. The van der Waals surface area contributed by atoms with Gasteiger partial charge in [-0.1, -0.05) is 34.1 Å². The van der Waals surface area contributed by atoms with E-state index in [-0.39, 0.29) is 10.9 Å². The van der Waals surface area contributed by atoms with Crippen molar-refractivity contribution in [1.29, 1.82) is 0 Å². The fraction of sp³-hybridized carbons (Fsp3) is 0. The minimum atomic E-state index is -0.00526. The summed E-state index contributed by atoms with van der Waals surface area (Å²) in [7, 11) is 0. The van der Waals surface area contributed by atoms with Crippen molar-refractivity contribution in [2.75, 3.05) is 0 Å². The van der Waals surface area contributed by atoms with Gasteiger partial charge in [0.05, 0.1) is 0 Å².